The summed E-state index contributed by atoms with van der Waals surface area (Å²) in [5.74, 6) is 0.847. The van der Waals surface area contributed by atoms with Gasteiger partial charge >= 0.3 is 0 Å². The van der Waals surface area contributed by atoms with Crippen LogP contribution in [0.2, 0.25) is 0 Å². The summed E-state index contributed by atoms with van der Waals surface area (Å²) in [5.41, 5.74) is 7.88. The van der Waals surface area contributed by atoms with Gasteiger partial charge in [0, 0.05) is 30.9 Å². The lowest BCUT2D eigenvalue weighted by atomic mass is 10.0. The van der Waals surface area contributed by atoms with Crippen molar-refractivity contribution >= 4 is 17.2 Å². The van der Waals surface area contributed by atoms with Crippen LogP contribution in [0.1, 0.15) is 33.6 Å². The number of para-hydroxylation sites is 1. The van der Waals surface area contributed by atoms with E-state index >= 15 is 0 Å². The molecule has 1 aromatic carbocycles. The van der Waals surface area contributed by atoms with Gasteiger partial charge in [-0.1, -0.05) is 18.2 Å². The van der Waals surface area contributed by atoms with Gasteiger partial charge in [-0.25, -0.2) is 0 Å². The number of pyridine rings is 1. The molecule has 0 atom stereocenters. The maximum atomic E-state index is 9.16. The highest BCUT2D eigenvalue weighted by Gasteiger charge is 2.22. The van der Waals surface area contributed by atoms with Gasteiger partial charge in [0.1, 0.15) is 6.07 Å². The smallest absolute Gasteiger partial charge is 0.166 e. The van der Waals surface area contributed by atoms with Gasteiger partial charge in [0.15, 0.2) is 11.5 Å². The van der Waals surface area contributed by atoms with Gasteiger partial charge in [-0.2, -0.15) is 5.26 Å². The molecular formula is C22H22N6. The second-order valence-electron chi connectivity index (χ2n) is 7.18. The molecule has 3 aromatic rings. The summed E-state index contributed by atoms with van der Waals surface area (Å²) in [5, 5.41) is 21.0. The summed E-state index contributed by atoms with van der Waals surface area (Å²) in [6, 6.07) is 12.5. The van der Waals surface area contributed by atoms with E-state index in [0.29, 0.717) is 5.69 Å². The molecule has 1 aliphatic heterocycles. The number of benzene rings is 1. The van der Waals surface area contributed by atoms with Crippen LogP contribution < -0.4 is 10.2 Å². The monoisotopic (exact) mass is 370 g/mol. The van der Waals surface area contributed by atoms with Gasteiger partial charge in [0.05, 0.1) is 11.9 Å². The highest BCUT2D eigenvalue weighted by atomic mass is 15.3. The van der Waals surface area contributed by atoms with Crippen molar-refractivity contribution in [2.24, 2.45) is 0 Å². The zero-order chi connectivity index (χ0) is 19.7. The zero-order valence-electron chi connectivity index (χ0n) is 16.3. The van der Waals surface area contributed by atoms with E-state index in [1.165, 1.54) is 11.1 Å². The molecule has 1 N–H and O–H groups in total. The topological polar surface area (TPSA) is 77.7 Å². The fourth-order valence-corrected chi connectivity index (χ4v) is 3.54. The van der Waals surface area contributed by atoms with E-state index in [9.17, 15) is 0 Å². The maximum Gasteiger partial charge on any atom is 0.166 e. The predicted octanol–water partition coefficient (Wildman–Crippen LogP) is 3.97. The summed E-state index contributed by atoms with van der Waals surface area (Å²) < 4.78 is 0. The highest BCUT2D eigenvalue weighted by Crippen LogP contribution is 2.28. The van der Waals surface area contributed by atoms with Crippen LogP contribution in [-0.4, -0.2) is 21.7 Å². The summed E-state index contributed by atoms with van der Waals surface area (Å²) in [4.78, 5) is 6.89. The van der Waals surface area contributed by atoms with Gasteiger partial charge in [0.25, 0.3) is 0 Å². The summed E-state index contributed by atoms with van der Waals surface area (Å²) in [6.07, 6.45) is 2.76. The molecule has 0 spiro atoms. The Bertz CT molecular complexity index is 1080. The van der Waals surface area contributed by atoms with E-state index in [2.05, 4.69) is 56.6 Å². The number of aryl methyl sites for hydroxylation is 1. The van der Waals surface area contributed by atoms with Crippen LogP contribution in [0.3, 0.4) is 0 Å². The van der Waals surface area contributed by atoms with Gasteiger partial charge in [-0.05, 0) is 55.2 Å². The van der Waals surface area contributed by atoms with Crippen molar-refractivity contribution in [3.63, 3.8) is 0 Å². The van der Waals surface area contributed by atoms with Crippen LogP contribution in [0, 0.1) is 32.1 Å². The molecule has 2 aromatic heterocycles. The molecule has 28 heavy (non-hydrogen) atoms. The molecule has 4 rings (SSSR count). The lowest BCUT2D eigenvalue weighted by molar-refractivity contribution is 0.692. The number of rotatable bonds is 3. The Morgan fingerprint density at radius 1 is 1.11 bits per heavy atom. The standard InChI is InChI=1S/C22H22N6/c1-14-6-4-5-7-19(14)25-18-10-17-13-28(9-8-20(17)24-12-18)22-16(3)15(2)21(11-23)26-27-22/h4-7,10,12,25H,8-9,13H2,1-3H3. The molecule has 0 radical (unpaired) electrons. The lowest BCUT2D eigenvalue weighted by Crippen LogP contribution is -2.32. The zero-order valence-corrected chi connectivity index (χ0v) is 16.3. The van der Waals surface area contributed by atoms with Crippen LogP contribution in [-0.2, 0) is 13.0 Å². The third-order valence-corrected chi connectivity index (χ3v) is 5.37. The minimum atomic E-state index is 0.394. The van der Waals surface area contributed by atoms with Crippen molar-refractivity contribution in [3.8, 4) is 6.07 Å². The van der Waals surface area contributed by atoms with E-state index in [-0.39, 0.29) is 0 Å². The third-order valence-electron chi connectivity index (χ3n) is 5.37. The molecule has 1 aliphatic rings. The maximum absolute atomic E-state index is 9.16. The Morgan fingerprint density at radius 2 is 1.93 bits per heavy atom. The van der Waals surface area contributed by atoms with Crippen molar-refractivity contribution in [1.29, 1.82) is 5.26 Å². The van der Waals surface area contributed by atoms with Gasteiger partial charge in [0.2, 0.25) is 0 Å². The minimum Gasteiger partial charge on any atom is -0.354 e. The van der Waals surface area contributed by atoms with Crippen molar-refractivity contribution in [2.75, 3.05) is 16.8 Å². The first-order valence-electron chi connectivity index (χ1n) is 9.36. The number of hydrogen-bond donors (Lipinski definition) is 1. The Balaban J connectivity index is 1.61. The summed E-state index contributed by atoms with van der Waals surface area (Å²) in [6.45, 7) is 7.59. The predicted molar refractivity (Wildman–Crippen MR) is 110 cm³/mol. The second-order valence-corrected chi connectivity index (χ2v) is 7.18. The van der Waals surface area contributed by atoms with E-state index < -0.39 is 0 Å². The number of nitrogens with zero attached hydrogens (tertiary/aromatic N) is 5. The summed E-state index contributed by atoms with van der Waals surface area (Å²) >= 11 is 0. The summed E-state index contributed by atoms with van der Waals surface area (Å²) in [7, 11) is 0. The molecular weight excluding hydrogens is 348 g/mol. The Kier molecular flexibility index (Phi) is 4.66. The van der Waals surface area contributed by atoms with Crippen molar-refractivity contribution in [2.45, 2.75) is 33.7 Å². The van der Waals surface area contributed by atoms with Gasteiger partial charge in [-0.3, -0.25) is 4.98 Å². The van der Waals surface area contributed by atoms with Gasteiger partial charge < -0.3 is 10.2 Å². The fraction of sp³-hybridized carbons (Fsp3) is 0.273. The normalized spacial score (nSPS) is 13.0. The molecule has 0 fully saturated rings. The number of hydrogen-bond acceptors (Lipinski definition) is 6. The molecule has 0 amide bonds. The van der Waals surface area contributed by atoms with Crippen LogP contribution in [0.25, 0.3) is 0 Å². The van der Waals surface area contributed by atoms with E-state index in [1.54, 1.807) is 0 Å². The number of anilines is 3. The van der Waals surface area contributed by atoms with Crippen LogP contribution in [0.4, 0.5) is 17.2 Å². The number of fused-ring (bicyclic) bond motifs is 1. The molecule has 6 heteroatoms. The number of aromatic nitrogens is 3. The molecule has 0 aliphatic carbocycles. The first kappa shape index (κ1) is 17.9. The first-order chi connectivity index (χ1) is 13.6. The van der Waals surface area contributed by atoms with Crippen LogP contribution in [0.5, 0.6) is 0 Å². The van der Waals surface area contributed by atoms with E-state index in [4.69, 9.17) is 5.26 Å². The molecule has 0 bridgehead atoms. The van der Waals surface area contributed by atoms with E-state index in [0.717, 1.165) is 53.5 Å². The first-order valence-corrected chi connectivity index (χ1v) is 9.36. The second kappa shape index (κ2) is 7.28. The Labute approximate surface area is 164 Å². The quantitative estimate of drug-likeness (QED) is 0.751. The highest BCUT2D eigenvalue weighted by molar-refractivity contribution is 5.63. The minimum absolute atomic E-state index is 0.394. The Hall–Kier alpha value is -3.46. The third kappa shape index (κ3) is 3.27. The molecule has 140 valence electrons. The van der Waals surface area contributed by atoms with Crippen LogP contribution in [0.15, 0.2) is 36.5 Å². The average molecular weight is 370 g/mol. The van der Waals surface area contributed by atoms with Crippen molar-refractivity contribution in [1.82, 2.24) is 15.2 Å². The lowest BCUT2D eigenvalue weighted by Gasteiger charge is -2.30. The Morgan fingerprint density at radius 3 is 2.71 bits per heavy atom. The molecule has 0 saturated carbocycles. The van der Waals surface area contributed by atoms with E-state index in [1.807, 2.05) is 32.2 Å². The van der Waals surface area contributed by atoms with Crippen molar-refractivity contribution in [3.05, 3.63) is 70.2 Å². The average Bonchev–Trinajstić information content (AvgIpc) is 2.71. The largest absolute Gasteiger partial charge is 0.354 e. The molecule has 0 saturated heterocycles. The molecule has 0 unspecified atom stereocenters. The molecule has 6 nitrogen and oxygen atoms in total. The van der Waals surface area contributed by atoms with Gasteiger partial charge in [-0.15, -0.1) is 10.2 Å². The number of nitrogens with one attached hydrogen (secondary N) is 1. The number of nitriles is 1. The van der Waals surface area contributed by atoms with Crippen molar-refractivity contribution < 1.29 is 0 Å². The fourth-order valence-electron chi connectivity index (χ4n) is 3.54. The van der Waals surface area contributed by atoms with Crippen LogP contribution >= 0.6 is 0 Å². The molecule has 3 heterocycles. The SMILES string of the molecule is Cc1ccccc1Nc1cnc2c(c1)CN(c1nnc(C#N)c(C)c1C)CC2.